The van der Waals surface area contributed by atoms with E-state index in [-0.39, 0.29) is 41.3 Å². The predicted octanol–water partition coefficient (Wildman–Crippen LogP) is 11.7. The summed E-state index contributed by atoms with van der Waals surface area (Å²) in [5.74, 6) is -0.665. The van der Waals surface area contributed by atoms with Crippen LogP contribution in [0.25, 0.3) is 5.76 Å². The van der Waals surface area contributed by atoms with Gasteiger partial charge in [0.2, 0.25) is 0 Å². The van der Waals surface area contributed by atoms with E-state index in [1.54, 1.807) is 57.4 Å². The van der Waals surface area contributed by atoms with Crippen molar-refractivity contribution in [1.29, 1.82) is 0 Å². The Morgan fingerprint density at radius 1 is 0.783 bits per heavy atom. The van der Waals surface area contributed by atoms with Crippen molar-refractivity contribution < 1.29 is 38.7 Å². The Balaban J connectivity index is 1.88. The third-order valence-corrected chi connectivity index (χ3v) is 11.3. The number of hydrogen-bond donors (Lipinski definition) is 2. The van der Waals surface area contributed by atoms with Crippen molar-refractivity contribution in [3.05, 3.63) is 93.8 Å². The number of esters is 2. The molecule has 0 spiro atoms. The molecule has 0 saturated carbocycles. The number of unbranched alkanes of at least 4 members (excludes halogenated alkanes) is 1. The standard InChI is InChI=1S/C50H72N2O8/c1-10-16-29-50(12-3,30-19-32-51-40-22-17-20-38(33-40)44(48(56)59-14-5)46(54)37-24-26-42(57-9)27-25-37)35-52-41-23-18-21-39(34-41)43(47(55)58-13-4)45(53)36(11-2)28-31-49(7,8)60-15-6/h11,24-28,31,33-34,53-54H,10,12-23,29-30,32,35H2,1-9H3/b31-28-,36-11+,45-43?,46-44?,51-40?,52-41?. The minimum Gasteiger partial charge on any atom is -0.506 e. The SMILES string of the molecule is C/C=C(\C=C/C(C)(C)OCC)C(O)=C(C(=O)OCC)C1=CC(=NCC(CC)(CCCC)CCCN=C2C=C(C(C(=O)OCC)=C(O)c3ccc(OC)cc3)CCC2)CCC1. The van der Waals surface area contributed by atoms with Crippen LogP contribution in [0.1, 0.15) is 138 Å². The normalized spacial score (nSPS) is 18.4. The molecule has 0 amide bonds. The first-order valence-corrected chi connectivity index (χ1v) is 22.1. The van der Waals surface area contributed by atoms with Gasteiger partial charge in [-0.15, -0.1) is 0 Å². The predicted molar refractivity (Wildman–Crippen MR) is 244 cm³/mol. The molecule has 330 valence electrons. The van der Waals surface area contributed by atoms with Gasteiger partial charge < -0.3 is 29.2 Å². The third kappa shape index (κ3) is 14.8. The average molecular weight is 829 g/mol. The van der Waals surface area contributed by atoms with Crippen LogP contribution in [-0.2, 0) is 23.8 Å². The smallest absolute Gasteiger partial charge is 0.342 e. The molecule has 0 radical (unpaired) electrons. The first-order valence-electron chi connectivity index (χ1n) is 22.1. The highest BCUT2D eigenvalue weighted by Crippen LogP contribution is 2.36. The van der Waals surface area contributed by atoms with E-state index in [0.717, 1.165) is 86.8 Å². The monoisotopic (exact) mass is 829 g/mol. The third-order valence-electron chi connectivity index (χ3n) is 11.3. The lowest BCUT2D eigenvalue weighted by Crippen LogP contribution is -2.25. The lowest BCUT2D eigenvalue weighted by Gasteiger charge is -2.32. The fourth-order valence-corrected chi connectivity index (χ4v) is 7.73. The molecule has 10 heteroatoms. The number of carbonyl (C=O) groups excluding carboxylic acids is 2. The molecule has 0 aliphatic heterocycles. The van der Waals surface area contributed by atoms with Crippen LogP contribution in [0.2, 0.25) is 0 Å². The zero-order valence-corrected chi connectivity index (χ0v) is 38.0. The molecule has 0 saturated heterocycles. The first kappa shape index (κ1) is 49.7. The minimum absolute atomic E-state index is 0.00951. The Morgan fingerprint density at radius 3 is 1.92 bits per heavy atom. The Hall–Kier alpha value is -4.70. The molecule has 10 nitrogen and oxygen atoms in total. The van der Waals surface area contributed by atoms with E-state index in [4.69, 9.17) is 28.9 Å². The number of benzene rings is 1. The molecule has 60 heavy (non-hydrogen) atoms. The molecule has 1 unspecified atom stereocenters. The fourth-order valence-electron chi connectivity index (χ4n) is 7.73. The molecular formula is C50H72N2O8. The van der Waals surface area contributed by atoms with Crippen molar-refractivity contribution in [1.82, 2.24) is 0 Å². The molecule has 0 aromatic heterocycles. The molecule has 2 aliphatic rings. The minimum atomic E-state index is -0.550. The number of methoxy groups -OCH3 is 1. The lowest BCUT2D eigenvalue weighted by atomic mass is 9.76. The lowest BCUT2D eigenvalue weighted by molar-refractivity contribution is -0.139. The van der Waals surface area contributed by atoms with Crippen LogP contribution < -0.4 is 4.74 Å². The van der Waals surface area contributed by atoms with Crippen LogP contribution in [-0.4, -0.2) is 79.2 Å². The summed E-state index contributed by atoms with van der Waals surface area (Å²) in [5.41, 5.74) is 4.15. The average Bonchev–Trinajstić information content (AvgIpc) is 3.24. The van der Waals surface area contributed by atoms with Gasteiger partial charge in [0.1, 0.15) is 28.4 Å². The summed E-state index contributed by atoms with van der Waals surface area (Å²) in [6.07, 6.45) is 20.0. The maximum atomic E-state index is 13.4. The van der Waals surface area contributed by atoms with Gasteiger partial charge in [0.25, 0.3) is 0 Å². The number of aliphatic hydroxyl groups is 2. The van der Waals surface area contributed by atoms with Crippen molar-refractivity contribution in [2.75, 3.05) is 40.0 Å². The van der Waals surface area contributed by atoms with Crippen molar-refractivity contribution in [3.63, 3.8) is 0 Å². The number of aliphatic hydroxyl groups excluding tert-OH is 2. The van der Waals surface area contributed by atoms with Gasteiger partial charge in [0.15, 0.2) is 0 Å². The Kier molecular flexibility index (Phi) is 20.8. The molecule has 1 atom stereocenters. The zero-order valence-electron chi connectivity index (χ0n) is 38.0. The van der Waals surface area contributed by atoms with E-state index < -0.39 is 17.5 Å². The Bertz CT molecular complexity index is 1840. The summed E-state index contributed by atoms with van der Waals surface area (Å²) in [7, 11) is 1.58. The summed E-state index contributed by atoms with van der Waals surface area (Å²) in [4.78, 5) is 36.9. The molecule has 1 aromatic rings. The van der Waals surface area contributed by atoms with E-state index >= 15 is 0 Å². The molecule has 2 aliphatic carbocycles. The summed E-state index contributed by atoms with van der Waals surface area (Å²) in [6.45, 7) is 17.9. The number of ether oxygens (including phenoxy) is 4. The summed E-state index contributed by atoms with van der Waals surface area (Å²) >= 11 is 0. The van der Waals surface area contributed by atoms with Gasteiger partial charge in [-0.1, -0.05) is 44.9 Å². The van der Waals surface area contributed by atoms with Crippen LogP contribution in [0.5, 0.6) is 5.75 Å². The van der Waals surface area contributed by atoms with Gasteiger partial charge >= 0.3 is 11.9 Å². The van der Waals surface area contributed by atoms with Crippen molar-refractivity contribution >= 4 is 29.1 Å². The van der Waals surface area contributed by atoms with Gasteiger partial charge in [0.05, 0.1) is 25.9 Å². The second-order valence-electron chi connectivity index (χ2n) is 16.0. The molecule has 1 aromatic carbocycles. The molecule has 0 heterocycles. The highest BCUT2D eigenvalue weighted by molar-refractivity contribution is 6.05. The van der Waals surface area contributed by atoms with Crippen molar-refractivity contribution in [3.8, 4) is 5.75 Å². The van der Waals surface area contributed by atoms with Crippen LogP contribution in [0.4, 0.5) is 0 Å². The van der Waals surface area contributed by atoms with E-state index in [1.165, 1.54) is 0 Å². The van der Waals surface area contributed by atoms with Gasteiger partial charge in [-0.3, -0.25) is 9.98 Å². The maximum absolute atomic E-state index is 13.4. The van der Waals surface area contributed by atoms with Crippen molar-refractivity contribution in [2.45, 2.75) is 138 Å². The molecule has 0 fully saturated rings. The number of carbonyl (C=O) groups is 2. The van der Waals surface area contributed by atoms with Gasteiger partial charge in [0, 0.05) is 42.3 Å². The summed E-state index contributed by atoms with van der Waals surface area (Å²) < 4.78 is 22.0. The number of hydrogen-bond acceptors (Lipinski definition) is 10. The second-order valence-corrected chi connectivity index (χ2v) is 16.0. The van der Waals surface area contributed by atoms with Crippen molar-refractivity contribution in [2.24, 2.45) is 15.4 Å². The summed E-state index contributed by atoms with van der Waals surface area (Å²) in [5, 5.41) is 22.9. The highest BCUT2D eigenvalue weighted by Gasteiger charge is 2.29. The van der Waals surface area contributed by atoms with E-state index in [2.05, 4.69) is 13.8 Å². The van der Waals surface area contributed by atoms with Gasteiger partial charge in [-0.25, -0.2) is 9.59 Å². The van der Waals surface area contributed by atoms with E-state index in [0.29, 0.717) is 49.4 Å². The fraction of sp³-hybridized carbons (Fsp3) is 0.560. The Morgan fingerprint density at radius 2 is 1.37 bits per heavy atom. The number of rotatable bonds is 23. The topological polar surface area (TPSA) is 136 Å². The van der Waals surface area contributed by atoms with E-state index in [1.807, 2.05) is 45.9 Å². The zero-order chi connectivity index (χ0) is 44.1. The molecular weight excluding hydrogens is 757 g/mol. The maximum Gasteiger partial charge on any atom is 0.342 e. The van der Waals surface area contributed by atoms with Crippen LogP contribution in [0, 0.1) is 5.41 Å². The van der Waals surface area contributed by atoms with Gasteiger partial charge in [-0.05, 0) is 159 Å². The van der Waals surface area contributed by atoms with Crippen LogP contribution >= 0.6 is 0 Å². The Labute approximate surface area is 359 Å². The van der Waals surface area contributed by atoms with E-state index in [9.17, 15) is 19.8 Å². The van der Waals surface area contributed by atoms with Gasteiger partial charge in [-0.2, -0.15) is 0 Å². The quantitative estimate of drug-likeness (QED) is 0.0366. The highest BCUT2D eigenvalue weighted by atomic mass is 16.5. The second kappa shape index (κ2) is 25.2. The molecule has 3 rings (SSSR count). The van der Waals surface area contributed by atoms with Crippen LogP contribution in [0.15, 0.2) is 98.3 Å². The van der Waals surface area contributed by atoms with Crippen LogP contribution in [0.3, 0.4) is 0 Å². The molecule has 2 N–H and O–H groups in total. The largest absolute Gasteiger partial charge is 0.506 e. The number of nitrogens with zero attached hydrogens (tertiary/aromatic N) is 2. The number of aliphatic imine (C=N–C) groups is 2. The molecule has 0 bridgehead atoms. The first-order chi connectivity index (χ1) is 28.8. The number of allylic oxidation sites excluding steroid dienone is 4. The summed E-state index contributed by atoms with van der Waals surface area (Å²) in [6, 6.07) is 6.96.